The Hall–Kier alpha value is -2.90. The van der Waals surface area contributed by atoms with Crippen molar-refractivity contribution in [3.8, 4) is 0 Å². The van der Waals surface area contributed by atoms with Gasteiger partial charge in [-0.25, -0.2) is 0 Å². The lowest BCUT2D eigenvalue weighted by Crippen LogP contribution is -2.43. The van der Waals surface area contributed by atoms with Gasteiger partial charge in [-0.3, -0.25) is 19.2 Å². The Morgan fingerprint density at radius 3 is 2.45 bits per heavy atom. The summed E-state index contributed by atoms with van der Waals surface area (Å²) >= 11 is 0. The Kier molecular flexibility index (Phi) is 4.72. The topological polar surface area (TPSA) is 116 Å². The van der Waals surface area contributed by atoms with E-state index in [1.165, 1.54) is 4.90 Å². The number of aliphatic carboxylic acids is 1. The fraction of sp³-hybridized carbons (Fsp3) is 0.286. The second-order valence-corrected chi connectivity index (χ2v) is 4.77. The molecule has 0 aliphatic carbocycles. The van der Waals surface area contributed by atoms with Gasteiger partial charge in [0.05, 0.1) is 6.54 Å². The molecule has 0 radical (unpaired) electrons. The molecule has 0 unspecified atom stereocenters. The lowest BCUT2D eigenvalue weighted by molar-refractivity contribution is -0.137. The van der Waals surface area contributed by atoms with Gasteiger partial charge < -0.3 is 20.6 Å². The van der Waals surface area contributed by atoms with Gasteiger partial charge in [0.1, 0.15) is 13.1 Å². The van der Waals surface area contributed by atoms with E-state index in [9.17, 15) is 19.2 Å². The molecule has 1 aromatic carbocycles. The van der Waals surface area contributed by atoms with Crippen LogP contribution in [-0.2, 0) is 20.9 Å². The summed E-state index contributed by atoms with van der Waals surface area (Å²) in [6.07, 6.45) is 0. The molecule has 0 spiro atoms. The number of hydrogen-bond acceptors (Lipinski definition) is 4. The number of rotatable bonds is 6. The van der Waals surface area contributed by atoms with Crippen LogP contribution in [0.15, 0.2) is 24.3 Å². The highest BCUT2D eigenvalue weighted by Crippen LogP contribution is 2.21. The molecule has 1 aliphatic heterocycles. The maximum atomic E-state index is 12.0. The highest BCUT2D eigenvalue weighted by atomic mass is 16.4. The third-order valence-corrected chi connectivity index (χ3v) is 3.11. The summed E-state index contributed by atoms with van der Waals surface area (Å²) in [5.41, 5.74) is 1.44. The van der Waals surface area contributed by atoms with Crippen molar-refractivity contribution in [3.05, 3.63) is 35.4 Å². The molecule has 3 amide bonds. The molecule has 1 heterocycles. The average molecular weight is 305 g/mol. The van der Waals surface area contributed by atoms with E-state index in [-0.39, 0.29) is 19.0 Å². The summed E-state index contributed by atoms with van der Waals surface area (Å²) in [5.74, 6) is -2.47. The number of carboxylic acids is 1. The van der Waals surface area contributed by atoms with Crippen LogP contribution < -0.4 is 10.6 Å². The second kappa shape index (κ2) is 6.70. The fourth-order valence-corrected chi connectivity index (χ4v) is 2.09. The molecule has 2 rings (SSSR count). The third kappa shape index (κ3) is 3.81. The van der Waals surface area contributed by atoms with Gasteiger partial charge >= 0.3 is 5.97 Å². The Labute approximate surface area is 126 Å². The summed E-state index contributed by atoms with van der Waals surface area (Å²) in [7, 11) is 0. The highest BCUT2D eigenvalue weighted by Gasteiger charge is 2.28. The predicted octanol–water partition coefficient (Wildman–Crippen LogP) is -1.04. The van der Waals surface area contributed by atoms with Crippen molar-refractivity contribution in [2.45, 2.75) is 6.54 Å². The first kappa shape index (κ1) is 15.5. The fourth-order valence-electron chi connectivity index (χ4n) is 2.09. The van der Waals surface area contributed by atoms with Gasteiger partial charge in [-0.05, 0) is 11.6 Å². The van der Waals surface area contributed by atoms with Crippen molar-refractivity contribution < 1.29 is 24.3 Å². The van der Waals surface area contributed by atoms with E-state index in [0.717, 1.165) is 5.56 Å². The van der Waals surface area contributed by atoms with Crippen LogP contribution in [0.4, 0.5) is 0 Å². The summed E-state index contributed by atoms with van der Waals surface area (Å²) in [6.45, 7) is -0.636. The molecule has 0 bridgehead atoms. The van der Waals surface area contributed by atoms with Gasteiger partial charge in [-0.15, -0.1) is 0 Å². The van der Waals surface area contributed by atoms with Gasteiger partial charge in [0.25, 0.3) is 5.91 Å². The number of benzene rings is 1. The average Bonchev–Trinajstić information content (AvgIpc) is 2.80. The van der Waals surface area contributed by atoms with Gasteiger partial charge in [0.15, 0.2) is 0 Å². The van der Waals surface area contributed by atoms with Gasteiger partial charge in [0.2, 0.25) is 11.8 Å². The van der Waals surface area contributed by atoms with Crippen LogP contribution >= 0.6 is 0 Å². The zero-order valence-corrected chi connectivity index (χ0v) is 11.7. The van der Waals surface area contributed by atoms with Crippen LogP contribution in [0.2, 0.25) is 0 Å². The minimum Gasteiger partial charge on any atom is -0.480 e. The van der Waals surface area contributed by atoms with Crippen LogP contribution in [0, 0.1) is 0 Å². The largest absolute Gasteiger partial charge is 0.480 e. The number of nitrogens with one attached hydrogen (secondary N) is 2. The number of fused-ring (bicyclic) bond motifs is 1. The van der Waals surface area contributed by atoms with E-state index in [1.807, 2.05) is 12.1 Å². The predicted molar refractivity (Wildman–Crippen MR) is 74.8 cm³/mol. The number of amides is 3. The molecule has 0 fully saturated rings. The van der Waals surface area contributed by atoms with E-state index in [4.69, 9.17) is 5.11 Å². The first-order valence-electron chi connectivity index (χ1n) is 6.59. The van der Waals surface area contributed by atoms with Crippen LogP contribution in [0.5, 0.6) is 0 Å². The smallest absolute Gasteiger partial charge is 0.322 e. The molecule has 1 aromatic rings. The van der Waals surface area contributed by atoms with E-state index in [0.29, 0.717) is 12.1 Å². The van der Waals surface area contributed by atoms with Crippen molar-refractivity contribution in [1.29, 1.82) is 0 Å². The first-order chi connectivity index (χ1) is 10.5. The Morgan fingerprint density at radius 2 is 1.77 bits per heavy atom. The van der Waals surface area contributed by atoms with Gasteiger partial charge in [0, 0.05) is 12.1 Å². The molecular weight excluding hydrogens is 290 g/mol. The number of hydrogen-bond donors (Lipinski definition) is 3. The summed E-state index contributed by atoms with van der Waals surface area (Å²) in [5, 5.41) is 12.9. The molecule has 1 aliphatic rings. The van der Waals surface area contributed by atoms with Crippen molar-refractivity contribution in [2.75, 3.05) is 19.6 Å². The van der Waals surface area contributed by atoms with Crippen molar-refractivity contribution in [2.24, 2.45) is 0 Å². The van der Waals surface area contributed by atoms with E-state index in [2.05, 4.69) is 10.6 Å². The SMILES string of the molecule is O=C(O)CNC(=O)CNC(=O)CN1Cc2ccccc2C1=O. The Balaban J connectivity index is 1.78. The molecule has 0 saturated carbocycles. The standard InChI is InChI=1S/C14H15N3O5/c18-11(16-6-13(20)21)5-15-12(19)8-17-7-9-3-1-2-4-10(9)14(17)22/h1-4H,5-8H2,(H,15,19)(H,16,18)(H,20,21). The second-order valence-electron chi connectivity index (χ2n) is 4.77. The van der Waals surface area contributed by atoms with Crippen LogP contribution in [-0.4, -0.2) is 53.3 Å². The molecule has 8 nitrogen and oxygen atoms in total. The number of carbonyl (C=O) groups is 4. The highest BCUT2D eigenvalue weighted by molar-refractivity contribution is 6.00. The summed E-state index contributed by atoms with van der Waals surface area (Å²) in [6, 6.07) is 7.11. The zero-order valence-electron chi connectivity index (χ0n) is 11.7. The summed E-state index contributed by atoms with van der Waals surface area (Å²) < 4.78 is 0. The Bertz CT molecular complexity index is 629. The minimum atomic E-state index is -1.17. The Morgan fingerprint density at radius 1 is 1.09 bits per heavy atom. The van der Waals surface area contributed by atoms with Crippen LogP contribution in [0.3, 0.4) is 0 Å². The molecule has 0 atom stereocenters. The molecule has 8 heteroatoms. The van der Waals surface area contributed by atoms with Crippen molar-refractivity contribution >= 4 is 23.7 Å². The molecular formula is C14H15N3O5. The minimum absolute atomic E-state index is 0.153. The van der Waals surface area contributed by atoms with Gasteiger partial charge in [-0.2, -0.15) is 0 Å². The summed E-state index contributed by atoms with van der Waals surface area (Å²) in [4.78, 5) is 46.7. The van der Waals surface area contributed by atoms with Gasteiger partial charge in [-0.1, -0.05) is 18.2 Å². The molecule has 0 aromatic heterocycles. The number of carboxylic acid groups (broad SMARTS) is 1. The molecule has 0 saturated heterocycles. The maximum absolute atomic E-state index is 12.0. The lowest BCUT2D eigenvalue weighted by atomic mass is 10.1. The monoisotopic (exact) mass is 305 g/mol. The van der Waals surface area contributed by atoms with Crippen molar-refractivity contribution in [1.82, 2.24) is 15.5 Å². The number of nitrogens with zero attached hydrogens (tertiary/aromatic N) is 1. The number of carbonyl (C=O) groups excluding carboxylic acids is 3. The van der Waals surface area contributed by atoms with Crippen LogP contribution in [0.25, 0.3) is 0 Å². The first-order valence-corrected chi connectivity index (χ1v) is 6.59. The molecule has 3 N–H and O–H groups in total. The van der Waals surface area contributed by atoms with E-state index in [1.54, 1.807) is 12.1 Å². The normalized spacial score (nSPS) is 12.7. The molecule has 22 heavy (non-hydrogen) atoms. The van der Waals surface area contributed by atoms with Crippen LogP contribution in [0.1, 0.15) is 15.9 Å². The maximum Gasteiger partial charge on any atom is 0.322 e. The quantitative estimate of drug-likeness (QED) is 0.621. The zero-order chi connectivity index (χ0) is 16.1. The van der Waals surface area contributed by atoms with E-state index < -0.39 is 24.3 Å². The van der Waals surface area contributed by atoms with E-state index >= 15 is 0 Å². The third-order valence-electron chi connectivity index (χ3n) is 3.11. The van der Waals surface area contributed by atoms with Crippen molar-refractivity contribution in [3.63, 3.8) is 0 Å². The lowest BCUT2D eigenvalue weighted by Gasteiger charge is -2.15. The molecule has 116 valence electrons.